The number of aryl methyl sites for hydroxylation is 1. The fourth-order valence-corrected chi connectivity index (χ4v) is 2.32. The Hall–Kier alpha value is -2.74. The molecule has 0 saturated carbocycles. The summed E-state index contributed by atoms with van der Waals surface area (Å²) in [5, 5.41) is 0. The van der Waals surface area contributed by atoms with Crippen molar-refractivity contribution in [1.29, 1.82) is 0 Å². The third kappa shape index (κ3) is 3.72. The van der Waals surface area contributed by atoms with Crippen LogP contribution in [-0.2, 0) is 5.41 Å². The number of hydrogen-bond donors (Lipinski definition) is 2. The molecule has 0 aliphatic heterocycles. The maximum Gasteiger partial charge on any atom is 0.222 e. The van der Waals surface area contributed by atoms with Crippen LogP contribution in [0.15, 0.2) is 24.3 Å². The first kappa shape index (κ1) is 16.6. The van der Waals surface area contributed by atoms with E-state index in [0.29, 0.717) is 23.7 Å². The molecular weight excluding hydrogens is 288 g/mol. The minimum atomic E-state index is -0.411. The molecule has 5 heteroatoms. The zero-order chi connectivity index (χ0) is 17.0. The number of rotatable bonds is 3. The summed E-state index contributed by atoms with van der Waals surface area (Å²) >= 11 is 0. The predicted molar refractivity (Wildman–Crippen MR) is 93.1 cm³/mol. The fourth-order valence-electron chi connectivity index (χ4n) is 2.32. The Labute approximate surface area is 137 Å². The van der Waals surface area contributed by atoms with Crippen molar-refractivity contribution in [1.82, 2.24) is 9.97 Å². The number of benzene rings is 1. The second kappa shape index (κ2) is 6.57. The molecule has 0 fully saturated rings. The number of hydrogen-bond acceptors (Lipinski definition) is 5. The number of nitrogen functional groups attached to an aromatic ring is 2. The van der Waals surface area contributed by atoms with E-state index in [2.05, 4.69) is 21.8 Å². The first-order valence-electron chi connectivity index (χ1n) is 7.50. The van der Waals surface area contributed by atoms with Crippen LogP contribution in [0.3, 0.4) is 0 Å². The van der Waals surface area contributed by atoms with Gasteiger partial charge in [-0.15, -0.1) is 0 Å². The lowest BCUT2D eigenvalue weighted by Gasteiger charge is -2.21. The van der Waals surface area contributed by atoms with Crippen LogP contribution in [0.25, 0.3) is 0 Å². The molecule has 5 nitrogen and oxygen atoms in total. The van der Waals surface area contributed by atoms with Gasteiger partial charge in [0.2, 0.25) is 5.95 Å². The molecule has 0 atom stereocenters. The van der Waals surface area contributed by atoms with Crippen molar-refractivity contribution in [2.45, 2.75) is 33.1 Å². The van der Waals surface area contributed by atoms with E-state index in [9.17, 15) is 0 Å². The highest BCUT2D eigenvalue weighted by molar-refractivity contribution is 5.57. The average Bonchev–Trinajstić information content (AvgIpc) is 2.46. The maximum atomic E-state index is 5.91. The van der Waals surface area contributed by atoms with Gasteiger partial charge in [-0.05, 0) is 33.8 Å². The van der Waals surface area contributed by atoms with Gasteiger partial charge in [-0.2, -0.15) is 4.98 Å². The summed E-state index contributed by atoms with van der Waals surface area (Å²) < 4.78 is 5.70. The second-order valence-electron chi connectivity index (χ2n) is 5.73. The van der Waals surface area contributed by atoms with E-state index in [1.807, 2.05) is 52.0 Å². The lowest BCUT2D eigenvalue weighted by Crippen LogP contribution is -2.16. The van der Waals surface area contributed by atoms with Gasteiger partial charge in [0, 0.05) is 5.56 Å². The van der Waals surface area contributed by atoms with Crippen LogP contribution in [0.4, 0.5) is 11.8 Å². The van der Waals surface area contributed by atoms with Crippen molar-refractivity contribution >= 4 is 11.8 Å². The first-order chi connectivity index (χ1) is 10.8. The zero-order valence-electron chi connectivity index (χ0n) is 14.0. The number of ether oxygens (including phenoxy) is 1. The van der Waals surface area contributed by atoms with Gasteiger partial charge in [-0.25, -0.2) is 4.98 Å². The lowest BCUT2D eigenvalue weighted by molar-refractivity contribution is 0.332. The van der Waals surface area contributed by atoms with Gasteiger partial charge in [-0.1, -0.05) is 30.0 Å². The van der Waals surface area contributed by atoms with Crippen LogP contribution in [0.5, 0.6) is 5.75 Å². The van der Waals surface area contributed by atoms with Crippen LogP contribution in [0.1, 0.15) is 37.6 Å². The van der Waals surface area contributed by atoms with Crippen molar-refractivity contribution in [2.75, 3.05) is 18.1 Å². The van der Waals surface area contributed by atoms with Gasteiger partial charge in [0.1, 0.15) is 11.6 Å². The average molecular weight is 310 g/mol. The highest BCUT2D eigenvalue weighted by atomic mass is 16.5. The minimum Gasteiger partial charge on any atom is -0.494 e. The second-order valence-corrected chi connectivity index (χ2v) is 5.73. The fraction of sp³-hybridized carbons (Fsp3) is 0.333. The molecule has 1 heterocycles. The van der Waals surface area contributed by atoms with E-state index in [1.165, 1.54) is 0 Å². The van der Waals surface area contributed by atoms with Crippen molar-refractivity contribution in [3.63, 3.8) is 0 Å². The molecule has 2 rings (SSSR count). The molecule has 0 saturated heterocycles. The SMILES string of the molecule is CCOc1ccccc1C(C)(C)C#Cc1c(C)nc(N)nc1N. The monoisotopic (exact) mass is 310 g/mol. The van der Waals surface area contributed by atoms with Gasteiger partial charge in [-0.3, -0.25) is 0 Å². The smallest absolute Gasteiger partial charge is 0.222 e. The largest absolute Gasteiger partial charge is 0.494 e. The number of nitrogens with zero attached hydrogens (tertiary/aromatic N) is 2. The molecule has 0 aliphatic rings. The van der Waals surface area contributed by atoms with Gasteiger partial charge >= 0.3 is 0 Å². The Bertz CT molecular complexity index is 749. The van der Waals surface area contributed by atoms with Crippen molar-refractivity contribution in [2.24, 2.45) is 0 Å². The molecule has 1 aromatic heterocycles. The molecule has 0 bridgehead atoms. The summed E-state index contributed by atoms with van der Waals surface area (Å²) in [7, 11) is 0. The van der Waals surface area contributed by atoms with E-state index in [-0.39, 0.29) is 5.95 Å². The molecule has 1 aromatic carbocycles. The van der Waals surface area contributed by atoms with E-state index >= 15 is 0 Å². The molecule has 2 aromatic rings. The van der Waals surface area contributed by atoms with Gasteiger partial charge in [0.05, 0.1) is 23.3 Å². The van der Waals surface area contributed by atoms with Crippen LogP contribution < -0.4 is 16.2 Å². The van der Waals surface area contributed by atoms with E-state index < -0.39 is 5.41 Å². The molecule has 0 radical (unpaired) electrons. The normalized spacial score (nSPS) is 10.8. The summed E-state index contributed by atoms with van der Waals surface area (Å²) in [5.74, 6) is 7.67. The van der Waals surface area contributed by atoms with Crippen LogP contribution in [0, 0.1) is 18.8 Å². The van der Waals surface area contributed by atoms with Crippen LogP contribution in [0.2, 0.25) is 0 Å². The Morgan fingerprint density at radius 2 is 1.87 bits per heavy atom. The summed E-state index contributed by atoms with van der Waals surface area (Å²) in [6, 6.07) is 7.91. The highest BCUT2D eigenvalue weighted by Gasteiger charge is 2.22. The zero-order valence-corrected chi connectivity index (χ0v) is 14.0. The van der Waals surface area contributed by atoms with Crippen LogP contribution in [-0.4, -0.2) is 16.6 Å². The molecule has 0 aliphatic carbocycles. The number of nitrogens with two attached hydrogens (primary N) is 2. The third-order valence-electron chi connectivity index (χ3n) is 3.50. The molecular formula is C18H22N4O. The summed E-state index contributed by atoms with van der Waals surface area (Å²) in [5.41, 5.74) is 13.4. The Balaban J connectivity index is 2.44. The molecule has 23 heavy (non-hydrogen) atoms. The Morgan fingerprint density at radius 1 is 1.17 bits per heavy atom. The van der Waals surface area contributed by atoms with Crippen molar-refractivity contribution < 1.29 is 4.74 Å². The maximum absolute atomic E-state index is 5.91. The van der Waals surface area contributed by atoms with E-state index in [4.69, 9.17) is 16.2 Å². The highest BCUT2D eigenvalue weighted by Crippen LogP contribution is 2.31. The topological polar surface area (TPSA) is 87.0 Å². The quantitative estimate of drug-likeness (QED) is 0.851. The van der Waals surface area contributed by atoms with Crippen molar-refractivity contribution in [3.05, 3.63) is 41.1 Å². The van der Waals surface area contributed by atoms with Gasteiger partial charge in [0.25, 0.3) is 0 Å². The molecule has 120 valence electrons. The predicted octanol–water partition coefficient (Wildman–Crippen LogP) is 2.68. The van der Waals surface area contributed by atoms with E-state index in [1.54, 1.807) is 0 Å². The summed E-state index contributed by atoms with van der Waals surface area (Å²) in [6.07, 6.45) is 0. The van der Waals surface area contributed by atoms with Gasteiger partial charge < -0.3 is 16.2 Å². The minimum absolute atomic E-state index is 0.159. The molecule has 0 unspecified atom stereocenters. The molecule has 0 amide bonds. The summed E-state index contributed by atoms with van der Waals surface area (Å²) in [4.78, 5) is 8.09. The summed E-state index contributed by atoms with van der Waals surface area (Å²) in [6.45, 7) is 8.48. The number of para-hydroxylation sites is 1. The third-order valence-corrected chi connectivity index (χ3v) is 3.50. The molecule has 0 spiro atoms. The first-order valence-corrected chi connectivity index (χ1v) is 7.50. The van der Waals surface area contributed by atoms with Crippen molar-refractivity contribution in [3.8, 4) is 17.6 Å². The Kier molecular flexibility index (Phi) is 4.75. The molecule has 4 N–H and O–H groups in total. The van der Waals surface area contributed by atoms with E-state index in [0.717, 1.165) is 11.3 Å². The Morgan fingerprint density at radius 3 is 2.52 bits per heavy atom. The van der Waals surface area contributed by atoms with Gasteiger partial charge in [0.15, 0.2) is 0 Å². The number of anilines is 2. The lowest BCUT2D eigenvalue weighted by atomic mass is 9.84. The van der Waals surface area contributed by atoms with Crippen LogP contribution >= 0.6 is 0 Å². The standard InChI is InChI=1S/C18H22N4O/c1-5-23-15-9-7-6-8-14(15)18(3,4)11-10-13-12(2)21-17(20)22-16(13)19/h6-9H,5H2,1-4H3,(H4,19,20,21,22). The number of aromatic nitrogens is 2.